The highest BCUT2D eigenvalue weighted by Gasteiger charge is 2.38. The van der Waals surface area contributed by atoms with Gasteiger partial charge < -0.3 is 9.80 Å². The molecule has 0 spiro atoms. The fourth-order valence-electron chi connectivity index (χ4n) is 6.20. The molecule has 2 fully saturated rings. The summed E-state index contributed by atoms with van der Waals surface area (Å²) in [6.07, 6.45) is -3.02. The van der Waals surface area contributed by atoms with Gasteiger partial charge in [-0.25, -0.2) is 15.0 Å². The molecule has 3 heterocycles. The quantitative estimate of drug-likeness (QED) is 0.170. The number of nitrogens with one attached hydrogen (secondary N) is 1. The number of anilines is 2. The highest BCUT2D eigenvalue weighted by atomic mass is 19.4. The second-order valence-corrected chi connectivity index (χ2v) is 14.0. The lowest BCUT2D eigenvalue weighted by Crippen LogP contribution is -2.34. The van der Waals surface area contributed by atoms with Crippen LogP contribution < -0.4 is 9.80 Å². The van der Waals surface area contributed by atoms with Crippen LogP contribution in [-0.2, 0) is 30.9 Å². The topological polar surface area (TPSA) is 97.6 Å². The molecule has 2 saturated carbocycles. The Balaban J connectivity index is 1.54. The molecule has 0 atom stereocenters. The molecular formula is C34H36F6N8. The summed E-state index contributed by atoms with van der Waals surface area (Å²) in [4.78, 5) is 17.6. The van der Waals surface area contributed by atoms with Gasteiger partial charge in [0.1, 0.15) is 11.9 Å². The number of nitriles is 1. The summed E-state index contributed by atoms with van der Waals surface area (Å²) in [5, 5.41) is 17.7. The van der Waals surface area contributed by atoms with Crippen molar-refractivity contribution in [2.75, 3.05) is 22.9 Å². The zero-order chi connectivity index (χ0) is 34.6. The molecule has 0 unspecified atom stereocenters. The number of hydrogen-bond acceptors (Lipinski definition) is 7. The van der Waals surface area contributed by atoms with Gasteiger partial charge in [-0.2, -0.15) is 36.7 Å². The minimum Gasteiger partial charge on any atom is -0.356 e. The number of pyridine rings is 1. The van der Waals surface area contributed by atoms with E-state index in [1.165, 1.54) is 12.4 Å². The zero-order valence-electron chi connectivity index (χ0n) is 27.1. The zero-order valence-corrected chi connectivity index (χ0v) is 27.1. The van der Waals surface area contributed by atoms with Crippen molar-refractivity contribution in [3.05, 3.63) is 69.7 Å². The van der Waals surface area contributed by atoms with Crippen LogP contribution in [0.15, 0.2) is 30.6 Å². The van der Waals surface area contributed by atoms with Crippen LogP contribution in [0.5, 0.6) is 0 Å². The van der Waals surface area contributed by atoms with E-state index in [1.54, 1.807) is 4.90 Å². The average molecular weight is 671 g/mol. The van der Waals surface area contributed by atoms with E-state index in [-0.39, 0.29) is 36.2 Å². The fourth-order valence-corrected chi connectivity index (χ4v) is 6.20. The van der Waals surface area contributed by atoms with Crippen molar-refractivity contribution in [3.63, 3.8) is 0 Å². The molecule has 4 aromatic rings. The smallest absolute Gasteiger partial charge is 0.356 e. The number of hydrogen-bond donors (Lipinski definition) is 1. The number of nitrogens with zero attached hydrogens (tertiary/aromatic N) is 7. The lowest BCUT2D eigenvalue weighted by Gasteiger charge is -2.34. The van der Waals surface area contributed by atoms with E-state index < -0.39 is 28.9 Å². The van der Waals surface area contributed by atoms with Crippen LogP contribution >= 0.6 is 0 Å². The van der Waals surface area contributed by atoms with E-state index >= 15 is 0 Å². The van der Waals surface area contributed by atoms with Gasteiger partial charge in [0, 0.05) is 36.3 Å². The monoisotopic (exact) mass is 670 g/mol. The number of benzene rings is 1. The Morgan fingerprint density at radius 3 is 1.90 bits per heavy atom. The van der Waals surface area contributed by atoms with Crippen molar-refractivity contribution in [2.45, 2.75) is 84.2 Å². The predicted octanol–water partition coefficient (Wildman–Crippen LogP) is 8.10. The molecule has 2 aliphatic rings. The first-order valence-corrected chi connectivity index (χ1v) is 15.9. The molecule has 3 aromatic heterocycles. The molecule has 14 heteroatoms. The van der Waals surface area contributed by atoms with Crippen LogP contribution in [0.25, 0.3) is 11.0 Å². The van der Waals surface area contributed by atoms with E-state index in [0.717, 1.165) is 73.1 Å². The first-order chi connectivity index (χ1) is 22.5. The number of aryl methyl sites for hydroxylation is 1. The number of alkyl halides is 6. The summed E-state index contributed by atoms with van der Waals surface area (Å²) in [6.45, 7) is 9.26. The van der Waals surface area contributed by atoms with E-state index in [0.29, 0.717) is 23.3 Å². The second-order valence-electron chi connectivity index (χ2n) is 14.0. The van der Waals surface area contributed by atoms with E-state index in [4.69, 9.17) is 4.98 Å². The van der Waals surface area contributed by atoms with Crippen LogP contribution in [0.4, 0.5) is 38.1 Å². The van der Waals surface area contributed by atoms with E-state index in [1.807, 2.05) is 13.0 Å². The number of fused-ring (bicyclic) bond motifs is 1. The van der Waals surface area contributed by atoms with Crippen molar-refractivity contribution < 1.29 is 26.3 Å². The van der Waals surface area contributed by atoms with Gasteiger partial charge in [-0.3, -0.25) is 5.10 Å². The maximum Gasteiger partial charge on any atom is 0.416 e. The molecule has 0 amide bonds. The maximum absolute atomic E-state index is 13.9. The molecule has 0 bridgehead atoms. The van der Waals surface area contributed by atoms with Gasteiger partial charge in [0.2, 0.25) is 5.95 Å². The van der Waals surface area contributed by atoms with Gasteiger partial charge in [0.15, 0.2) is 5.65 Å². The van der Waals surface area contributed by atoms with Gasteiger partial charge >= 0.3 is 12.4 Å². The van der Waals surface area contributed by atoms with Crippen LogP contribution in [-0.4, -0.2) is 38.2 Å². The Morgan fingerprint density at radius 1 is 0.854 bits per heavy atom. The lowest BCUT2D eigenvalue weighted by molar-refractivity contribution is -0.143. The molecule has 0 saturated heterocycles. The van der Waals surface area contributed by atoms with Gasteiger partial charge in [-0.1, -0.05) is 20.8 Å². The minimum atomic E-state index is -5.00. The maximum atomic E-state index is 13.9. The number of aromatic nitrogens is 5. The third-order valence-corrected chi connectivity index (χ3v) is 8.78. The number of rotatable bonds is 10. The van der Waals surface area contributed by atoms with Crippen molar-refractivity contribution in [3.8, 4) is 6.07 Å². The Labute approximate surface area is 274 Å². The standard InChI is InChI=1S/C34H36F6N8/c1-19-27-28(32(2,3)4)26(30(44-29(27)46-45-19)47(15-20-5-6-20)16-21-7-8-21)18-48(31-42-13-23(12-41)14-43-31)17-22-9-24(33(35,36)37)11-25(10-22)34(38,39)40/h9-11,13-14,20-21H,5-8,15-18H2,1-4H3,(H,44,45,46). The van der Waals surface area contributed by atoms with Crippen molar-refractivity contribution in [1.82, 2.24) is 25.1 Å². The van der Waals surface area contributed by atoms with E-state index in [2.05, 4.69) is 45.8 Å². The summed E-state index contributed by atoms with van der Waals surface area (Å²) in [5.41, 5.74) is -0.303. The van der Waals surface area contributed by atoms with Crippen LogP contribution in [0.3, 0.4) is 0 Å². The third-order valence-electron chi connectivity index (χ3n) is 8.78. The molecule has 254 valence electrons. The Kier molecular flexibility index (Phi) is 8.54. The molecule has 8 nitrogen and oxygen atoms in total. The van der Waals surface area contributed by atoms with Gasteiger partial charge in [-0.05, 0) is 79.2 Å². The Morgan fingerprint density at radius 2 is 1.42 bits per heavy atom. The average Bonchev–Trinajstić information content (AvgIpc) is 3.95. The first-order valence-electron chi connectivity index (χ1n) is 15.9. The van der Waals surface area contributed by atoms with Crippen LogP contribution in [0.1, 0.15) is 85.5 Å². The molecular weight excluding hydrogens is 634 g/mol. The fraction of sp³-hybridized carbons (Fsp3) is 0.500. The largest absolute Gasteiger partial charge is 0.416 e. The molecule has 1 aromatic carbocycles. The molecule has 2 aliphatic carbocycles. The molecule has 6 rings (SSSR count). The number of H-pyrrole nitrogens is 1. The normalized spacial score (nSPS) is 15.5. The summed E-state index contributed by atoms with van der Waals surface area (Å²) in [6, 6.07) is 3.52. The number of halogens is 6. The van der Waals surface area contributed by atoms with Crippen molar-refractivity contribution in [2.24, 2.45) is 11.8 Å². The van der Waals surface area contributed by atoms with Crippen molar-refractivity contribution >= 4 is 22.8 Å². The number of aromatic amines is 1. The Bertz CT molecular complexity index is 1800. The summed E-state index contributed by atoms with van der Waals surface area (Å²) < 4.78 is 83.2. The minimum absolute atomic E-state index is 0.0187. The third kappa shape index (κ3) is 7.34. The summed E-state index contributed by atoms with van der Waals surface area (Å²) in [7, 11) is 0. The SMILES string of the molecule is Cc1[nH]nc2nc(N(CC3CC3)CC3CC3)c(CN(Cc3cc(C(F)(F)F)cc(C(F)(F)F)c3)c3ncc(C#N)cn3)c(C(C)(C)C)c12. The van der Waals surface area contributed by atoms with Gasteiger partial charge in [-0.15, -0.1) is 0 Å². The lowest BCUT2D eigenvalue weighted by atomic mass is 9.81. The van der Waals surface area contributed by atoms with Crippen molar-refractivity contribution in [1.29, 1.82) is 5.26 Å². The first kappa shape index (κ1) is 33.5. The van der Waals surface area contributed by atoms with Gasteiger partial charge in [0.25, 0.3) is 0 Å². The predicted molar refractivity (Wildman–Crippen MR) is 168 cm³/mol. The van der Waals surface area contributed by atoms with Crippen LogP contribution in [0, 0.1) is 30.1 Å². The highest BCUT2D eigenvalue weighted by Crippen LogP contribution is 2.43. The van der Waals surface area contributed by atoms with Gasteiger partial charge in [0.05, 0.1) is 35.6 Å². The Hall–Kier alpha value is -4.41. The molecule has 0 radical (unpaired) electrons. The highest BCUT2D eigenvalue weighted by molar-refractivity contribution is 5.87. The second kappa shape index (κ2) is 12.2. The molecule has 0 aliphatic heterocycles. The summed E-state index contributed by atoms with van der Waals surface area (Å²) >= 11 is 0. The molecule has 1 N–H and O–H groups in total. The summed E-state index contributed by atoms with van der Waals surface area (Å²) in [5.74, 6) is 1.76. The van der Waals surface area contributed by atoms with E-state index in [9.17, 15) is 31.6 Å². The molecule has 48 heavy (non-hydrogen) atoms. The van der Waals surface area contributed by atoms with Crippen LogP contribution in [0.2, 0.25) is 0 Å².